The van der Waals surface area contributed by atoms with Crippen LogP contribution >= 0.6 is 0 Å². The average Bonchev–Trinajstić information content (AvgIpc) is 2.46. The third-order valence-corrected chi connectivity index (χ3v) is 3.01. The van der Waals surface area contributed by atoms with Crippen LogP contribution in [-0.2, 0) is 6.54 Å². The van der Waals surface area contributed by atoms with E-state index in [1.165, 1.54) is 17.0 Å². The molecule has 0 aliphatic heterocycles. The third kappa shape index (κ3) is 3.37. The van der Waals surface area contributed by atoms with E-state index in [4.69, 9.17) is 10.4 Å². The van der Waals surface area contributed by atoms with Gasteiger partial charge in [0.25, 0.3) is 5.91 Å². The van der Waals surface area contributed by atoms with Crippen LogP contribution < -0.4 is 0 Å². The molecule has 1 N–H and O–H groups in total. The van der Waals surface area contributed by atoms with E-state index in [0.717, 1.165) is 11.6 Å². The summed E-state index contributed by atoms with van der Waals surface area (Å²) < 4.78 is 13.7. The van der Waals surface area contributed by atoms with Gasteiger partial charge in [0.05, 0.1) is 17.2 Å². The van der Waals surface area contributed by atoms with Crippen molar-refractivity contribution in [2.45, 2.75) is 6.54 Å². The second-order valence-electron chi connectivity index (χ2n) is 4.64. The van der Waals surface area contributed by atoms with Gasteiger partial charge in [-0.15, -0.1) is 0 Å². The summed E-state index contributed by atoms with van der Waals surface area (Å²) in [5.41, 5.74) is 1.18. The molecule has 0 atom stereocenters. The van der Waals surface area contributed by atoms with Gasteiger partial charge >= 0.3 is 0 Å². The highest BCUT2D eigenvalue weighted by Crippen LogP contribution is 2.17. The van der Waals surface area contributed by atoms with Crippen LogP contribution in [0.2, 0.25) is 0 Å². The van der Waals surface area contributed by atoms with Gasteiger partial charge in [0.15, 0.2) is 0 Å². The van der Waals surface area contributed by atoms with E-state index in [2.05, 4.69) is 0 Å². The SMILES string of the molecule is CN(Cc1cccc(C#N)c1)C(=O)c1ccc(O)cc1F. The third-order valence-electron chi connectivity index (χ3n) is 3.01. The molecule has 0 aromatic heterocycles. The normalized spacial score (nSPS) is 9.95. The minimum absolute atomic E-state index is 0.105. The molecule has 2 aromatic carbocycles. The van der Waals surface area contributed by atoms with E-state index >= 15 is 0 Å². The van der Waals surface area contributed by atoms with Crippen LogP contribution in [0.15, 0.2) is 42.5 Å². The van der Waals surface area contributed by atoms with Crippen molar-refractivity contribution in [1.29, 1.82) is 5.26 Å². The largest absolute Gasteiger partial charge is 0.508 e. The molecule has 1 amide bonds. The molecule has 0 unspecified atom stereocenters. The van der Waals surface area contributed by atoms with Gasteiger partial charge < -0.3 is 10.0 Å². The molecule has 4 nitrogen and oxygen atoms in total. The fourth-order valence-corrected chi connectivity index (χ4v) is 1.97. The number of phenolic OH excluding ortho intramolecular Hbond substituents is 1. The Morgan fingerprint density at radius 1 is 1.33 bits per heavy atom. The van der Waals surface area contributed by atoms with Crippen molar-refractivity contribution in [3.63, 3.8) is 0 Å². The van der Waals surface area contributed by atoms with Crippen LogP contribution in [-0.4, -0.2) is 23.0 Å². The number of nitrogens with zero attached hydrogens (tertiary/aromatic N) is 2. The maximum Gasteiger partial charge on any atom is 0.256 e. The van der Waals surface area contributed by atoms with E-state index in [1.807, 2.05) is 6.07 Å². The molecular weight excluding hydrogens is 271 g/mol. The Balaban J connectivity index is 2.17. The monoisotopic (exact) mass is 284 g/mol. The molecule has 5 heteroatoms. The summed E-state index contributed by atoms with van der Waals surface area (Å²) in [5.74, 6) is -1.49. The first kappa shape index (κ1) is 14.5. The number of halogens is 1. The van der Waals surface area contributed by atoms with Gasteiger partial charge in [0.1, 0.15) is 11.6 Å². The van der Waals surface area contributed by atoms with Crippen LogP contribution in [0.4, 0.5) is 4.39 Å². The topological polar surface area (TPSA) is 64.3 Å². The van der Waals surface area contributed by atoms with Crippen molar-refractivity contribution < 1.29 is 14.3 Å². The van der Waals surface area contributed by atoms with Crippen LogP contribution in [0.1, 0.15) is 21.5 Å². The van der Waals surface area contributed by atoms with Gasteiger partial charge in [-0.25, -0.2) is 4.39 Å². The van der Waals surface area contributed by atoms with E-state index in [9.17, 15) is 9.18 Å². The standard InChI is InChI=1S/C16H13FN2O2/c1-19(10-12-4-2-3-11(7-12)9-18)16(21)14-6-5-13(20)8-15(14)17/h2-8,20H,10H2,1H3. The summed E-state index contributed by atoms with van der Waals surface area (Å²) in [5, 5.41) is 18.0. The molecule has 0 spiro atoms. The quantitative estimate of drug-likeness (QED) is 0.942. The summed E-state index contributed by atoms with van der Waals surface area (Å²) in [6, 6.07) is 12.3. The Kier molecular flexibility index (Phi) is 4.19. The molecular formula is C16H13FN2O2. The van der Waals surface area contributed by atoms with Gasteiger partial charge in [-0.2, -0.15) is 5.26 Å². The zero-order valence-electron chi connectivity index (χ0n) is 11.4. The van der Waals surface area contributed by atoms with Crippen molar-refractivity contribution in [3.05, 3.63) is 65.0 Å². The molecule has 0 bridgehead atoms. The van der Waals surface area contributed by atoms with Crippen LogP contribution in [0.5, 0.6) is 5.75 Å². The fraction of sp³-hybridized carbons (Fsp3) is 0.125. The number of rotatable bonds is 3. The molecule has 0 aliphatic rings. The van der Waals surface area contributed by atoms with Crippen LogP contribution in [0.25, 0.3) is 0 Å². The lowest BCUT2D eigenvalue weighted by molar-refractivity contribution is 0.0780. The zero-order valence-corrected chi connectivity index (χ0v) is 11.4. The van der Waals surface area contributed by atoms with Gasteiger partial charge in [-0.1, -0.05) is 12.1 Å². The lowest BCUT2D eigenvalue weighted by atomic mass is 10.1. The highest BCUT2D eigenvalue weighted by atomic mass is 19.1. The Morgan fingerprint density at radius 3 is 2.76 bits per heavy atom. The number of amides is 1. The zero-order chi connectivity index (χ0) is 15.4. The predicted molar refractivity (Wildman–Crippen MR) is 75.0 cm³/mol. The molecule has 2 aromatic rings. The van der Waals surface area contributed by atoms with Crippen molar-refractivity contribution in [3.8, 4) is 11.8 Å². The van der Waals surface area contributed by atoms with E-state index in [-0.39, 0.29) is 17.9 Å². The van der Waals surface area contributed by atoms with Crippen molar-refractivity contribution in [1.82, 2.24) is 4.90 Å². The molecule has 0 saturated carbocycles. The lowest BCUT2D eigenvalue weighted by Crippen LogP contribution is -2.27. The van der Waals surface area contributed by atoms with Gasteiger partial charge in [-0.3, -0.25) is 4.79 Å². The maximum atomic E-state index is 13.7. The molecule has 0 aliphatic carbocycles. The minimum Gasteiger partial charge on any atom is -0.508 e. The second kappa shape index (κ2) is 6.06. The van der Waals surface area contributed by atoms with E-state index < -0.39 is 11.7 Å². The average molecular weight is 284 g/mol. The molecule has 0 fully saturated rings. The lowest BCUT2D eigenvalue weighted by Gasteiger charge is -2.18. The smallest absolute Gasteiger partial charge is 0.256 e. The Morgan fingerprint density at radius 2 is 2.10 bits per heavy atom. The fourth-order valence-electron chi connectivity index (χ4n) is 1.97. The molecule has 0 heterocycles. The van der Waals surface area contributed by atoms with Gasteiger partial charge in [0.2, 0.25) is 0 Å². The Bertz CT molecular complexity index is 722. The van der Waals surface area contributed by atoms with Crippen molar-refractivity contribution in [2.24, 2.45) is 0 Å². The van der Waals surface area contributed by atoms with Gasteiger partial charge in [0, 0.05) is 19.7 Å². The summed E-state index contributed by atoms with van der Waals surface area (Å²) in [7, 11) is 1.55. The summed E-state index contributed by atoms with van der Waals surface area (Å²) in [4.78, 5) is 13.5. The highest BCUT2D eigenvalue weighted by Gasteiger charge is 2.16. The first-order valence-electron chi connectivity index (χ1n) is 6.24. The number of benzene rings is 2. The van der Waals surface area contributed by atoms with Crippen molar-refractivity contribution in [2.75, 3.05) is 7.05 Å². The number of aromatic hydroxyl groups is 1. The Labute approximate surface area is 121 Å². The number of nitriles is 1. The minimum atomic E-state index is -0.766. The van der Waals surface area contributed by atoms with E-state index in [0.29, 0.717) is 5.56 Å². The highest BCUT2D eigenvalue weighted by molar-refractivity contribution is 5.94. The first-order chi connectivity index (χ1) is 10.0. The molecule has 0 radical (unpaired) electrons. The number of carbonyl (C=O) groups is 1. The van der Waals surface area contributed by atoms with Crippen LogP contribution in [0, 0.1) is 17.1 Å². The second-order valence-corrected chi connectivity index (χ2v) is 4.64. The molecule has 106 valence electrons. The predicted octanol–water partition coefficient (Wildman–Crippen LogP) is 2.68. The maximum absolute atomic E-state index is 13.7. The van der Waals surface area contributed by atoms with Crippen LogP contribution in [0.3, 0.4) is 0 Å². The molecule has 2 rings (SSSR count). The van der Waals surface area contributed by atoms with Gasteiger partial charge in [-0.05, 0) is 29.8 Å². The first-order valence-corrected chi connectivity index (χ1v) is 6.24. The Hall–Kier alpha value is -2.87. The number of carbonyl (C=O) groups excluding carboxylic acids is 1. The molecule has 0 saturated heterocycles. The summed E-state index contributed by atoms with van der Waals surface area (Å²) in [6.45, 7) is 0.259. The van der Waals surface area contributed by atoms with Crippen molar-refractivity contribution >= 4 is 5.91 Å². The van der Waals surface area contributed by atoms with E-state index in [1.54, 1.807) is 31.3 Å². The number of phenols is 1. The summed E-state index contributed by atoms with van der Waals surface area (Å²) in [6.07, 6.45) is 0. The summed E-state index contributed by atoms with van der Waals surface area (Å²) >= 11 is 0. The number of hydrogen-bond acceptors (Lipinski definition) is 3. The molecule has 21 heavy (non-hydrogen) atoms. The number of hydrogen-bond donors (Lipinski definition) is 1.